The number of rotatable bonds is 52. The zero-order valence-corrected chi connectivity index (χ0v) is 62.8. The van der Waals surface area contributed by atoms with Crippen LogP contribution < -0.4 is 16.0 Å². The van der Waals surface area contributed by atoms with E-state index in [1.54, 1.807) is 6.08 Å². The van der Waals surface area contributed by atoms with Crippen LogP contribution in [0.1, 0.15) is 214 Å². The molecule has 624 valence electrons. The molecular formula is C73H131N3O31. The minimum absolute atomic E-state index is 0.168. The molecule has 5 heterocycles. The summed E-state index contributed by atoms with van der Waals surface area (Å²) in [5, 5.41) is 195. The molecule has 0 aromatic rings. The largest absolute Gasteiger partial charge is 0.477 e. The van der Waals surface area contributed by atoms with Crippen molar-refractivity contribution in [3.63, 3.8) is 0 Å². The number of aliphatic hydroxyl groups is 16. The van der Waals surface area contributed by atoms with Gasteiger partial charge in [0.1, 0.15) is 116 Å². The second kappa shape index (κ2) is 49.9. The van der Waals surface area contributed by atoms with E-state index in [-0.39, 0.29) is 12.3 Å². The van der Waals surface area contributed by atoms with E-state index in [1.165, 1.54) is 109 Å². The van der Waals surface area contributed by atoms with Gasteiger partial charge in [0.05, 0.1) is 63.9 Å². The van der Waals surface area contributed by atoms with Crippen molar-refractivity contribution in [2.75, 3.05) is 39.6 Å². The van der Waals surface area contributed by atoms with Crippen LogP contribution in [0.2, 0.25) is 0 Å². The summed E-state index contributed by atoms with van der Waals surface area (Å²) in [4.78, 5) is 52.0. The number of carboxylic acid groups (broad SMARTS) is 1. The zero-order valence-electron chi connectivity index (χ0n) is 62.8. The Balaban J connectivity index is 1.30. The summed E-state index contributed by atoms with van der Waals surface area (Å²) in [6.07, 6.45) is -14.4. The van der Waals surface area contributed by atoms with Crippen molar-refractivity contribution in [3.05, 3.63) is 12.2 Å². The first kappa shape index (κ1) is 94.2. The molecule has 0 spiro atoms. The van der Waals surface area contributed by atoms with Crippen LogP contribution in [0.4, 0.5) is 0 Å². The average molecular weight is 1550 g/mol. The van der Waals surface area contributed by atoms with Crippen LogP contribution in [0, 0.1) is 0 Å². The zero-order chi connectivity index (χ0) is 78.8. The molecule has 28 atom stereocenters. The van der Waals surface area contributed by atoms with E-state index in [1.807, 2.05) is 6.08 Å². The van der Waals surface area contributed by atoms with Gasteiger partial charge in [-0.1, -0.05) is 180 Å². The fraction of sp³-hybridized carbons (Fsp3) is 0.918. The van der Waals surface area contributed by atoms with Crippen molar-refractivity contribution in [1.82, 2.24) is 16.0 Å². The molecular weight excluding hydrogens is 1410 g/mol. The lowest BCUT2D eigenvalue weighted by atomic mass is 9.88. The molecule has 10 unspecified atom stereocenters. The number of allylic oxidation sites excluding steroid dienone is 1. The number of hydrogen-bond donors (Lipinski definition) is 20. The predicted molar refractivity (Wildman–Crippen MR) is 378 cm³/mol. The maximum atomic E-state index is 13.5. The first-order valence-electron chi connectivity index (χ1n) is 39.1. The van der Waals surface area contributed by atoms with Crippen molar-refractivity contribution in [2.45, 2.75) is 385 Å². The van der Waals surface area contributed by atoms with Crippen molar-refractivity contribution < 1.29 is 153 Å². The maximum absolute atomic E-state index is 13.5. The highest BCUT2D eigenvalue weighted by Gasteiger charge is 2.60. The highest BCUT2D eigenvalue weighted by molar-refractivity contribution is 5.77. The molecule has 0 aromatic carbocycles. The van der Waals surface area contributed by atoms with Crippen LogP contribution >= 0.6 is 0 Å². The summed E-state index contributed by atoms with van der Waals surface area (Å²) in [6.45, 7) is 0.582. The SMILES string of the molecule is CCCCCCCCCCCCC/C=C/[C@@H](O)[C@H](CO[C@@H]1OC(CO)[C@@H](O[C@@H]2OC(CO)[C@H](O[C@@H]3OC(CO[C@]4(C(=O)O)CC(O)[C@@H](NC(C)=O)C([C@H](O)[C@H](O)CO)O4)[C@H](O)[C@H](O[C@@H]4OC(CO)[C@H](O)[C@H](O)C4O)C3NC(C)=O)[C@H](O)C2O)[C@H](O)C1O)NC(=O)CCCCCCCCCCCCCCCCC. The van der Waals surface area contributed by atoms with Crippen molar-refractivity contribution in [2.24, 2.45) is 0 Å². The van der Waals surface area contributed by atoms with Crippen molar-refractivity contribution >= 4 is 23.7 Å². The molecule has 0 radical (unpaired) electrons. The number of amides is 3. The van der Waals surface area contributed by atoms with Gasteiger partial charge in [-0.05, 0) is 19.3 Å². The number of aliphatic hydroxyl groups excluding tert-OH is 16. The lowest BCUT2D eigenvalue weighted by Gasteiger charge is -2.51. The minimum atomic E-state index is -3.08. The van der Waals surface area contributed by atoms with Crippen molar-refractivity contribution in [3.8, 4) is 0 Å². The molecule has 0 aromatic heterocycles. The number of nitrogens with one attached hydrogen (secondary N) is 3. The highest BCUT2D eigenvalue weighted by Crippen LogP contribution is 2.38. The number of hydrogen-bond acceptors (Lipinski definition) is 30. The Morgan fingerprint density at radius 2 is 0.925 bits per heavy atom. The Labute approximate surface area is 627 Å². The van der Waals surface area contributed by atoms with Gasteiger partial charge in [0.15, 0.2) is 25.2 Å². The van der Waals surface area contributed by atoms with E-state index in [9.17, 15) is 106 Å². The molecule has 0 saturated carbocycles. The predicted octanol–water partition coefficient (Wildman–Crippen LogP) is -1.04. The molecule has 5 rings (SSSR count). The normalized spacial score (nSPS) is 34.6. The molecule has 0 bridgehead atoms. The molecule has 5 aliphatic heterocycles. The number of carbonyl (C=O) groups is 4. The van der Waals surface area contributed by atoms with Gasteiger partial charge in [-0.2, -0.15) is 0 Å². The summed E-state index contributed by atoms with van der Waals surface area (Å²) in [6, 6.07) is -4.63. The molecule has 34 heteroatoms. The van der Waals surface area contributed by atoms with Gasteiger partial charge < -0.3 is 150 Å². The van der Waals surface area contributed by atoms with Crippen LogP contribution in [-0.2, 0) is 66.5 Å². The number of ether oxygens (including phenoxy) is 10. The third-order valence-electron chi connectivity index (χ3n) is 20.6. The second-order valence-corrected chi connectivity index (χ2v) is 29.3. The van der Waals surface area contributed by atoms with E-state index in [0.717, 1.165) is 65.2 Å². The monoisotopic (exact) mass is 1550 g/mol. The van der Waals surface area contributed by atoms with E-state index in [0.29, 0.717) is 12.8 Å². The first-order chi connectivity index (χ1) is 51.2. The number of carboxylic acids is 1. The molecule has 5 aliphatic rings. The van der Waals surface area contributed by atoms with E-state index in [4.69, 9.17) is 47.4 Å². The number of unbranched alkanes of at least 4 members (excludes halogenated alkanes) is 25. The Morgan fingerprint density at radius 1 is 0.495 bits per heavy atom. The fourth-order valence-corrected chi connectivity index (χ4v) is 14.2. The van der Waals surface area contributed by atoms with Crippen LogP contribution in [-0.4, -0.2) is 321 Å². The lowest BCUT2D eigenvalue weighted by Crippen LogP contribution is -2.71. The third-order valence-corrected chi connectivity index (χ3v) is 20.6. The molecule has 20 N–H and O–H groups in total. The van der Waals surface area contributed by atoms with Crippen LogP contribution in [0.3, 0.4) is 0 Å². The van der Waals surface area contributed by atoms with E-state index >= 15 is 0 Å². The smallest absolute Gasteiger partial charge is 0.364 e. The summed E-state index contributed by atoms with van der Waals surface area (Å²) < 4.78 is 59.1. The van der Waals surface area contributed by atoms with Gasteiger partial charge in [-0.15, -0.1) is 0 Å². The first-order valence-corrected chi connectivity index (χ1v) is 39.1. The fourth-order valence-electron chi connectivity index (χ4n) is 14.2. The van der Waals surface area contributed by atoms with Crippen LogP contribution in [0.15, 0.2) is 12.2 Å². The minimum Gasteiger partial charge on any atom is -0.477 e. The van der Waals surface area contributed by atoms with Crippen LogP contribution in [0.25, 0.3) is 0 Å². The van der Waals surface area contributed by atoms with E-state index in [2.05, 4.69) is 29.8 Å². The molecule has 0 aliphatic carbocycles. The third kappa shape index (κ3) is 29.5. The van der Waals surface area contributed by atoms with Gasteiger partial charge in [-0.3, -0.25) is 14.4 Å². The molecule has 5 saturated heterocycles. The second-order valence-electron chi connectivity index (χ2n) is 29.3. The molecule has 107 heavy (non-hydrogen) atoms. The number of aliphatic carboxylic acids is 1. The Kier molecular flexibility index (Phi) is 44.0. The van der Waals surface area contributed by atoms with E-state index < -0.39 is 235 Å². The topological polar surface area (TPSA) is 541 Å². The summed E-state index contributed by atoms with van der Waals surface area (Å²) in [7, 11) is 0. The van der Waals surface area contributed by atoms with Crippen molar-refractivity contribution in [1.29, 1.82) is 0 Å². The molecule has 5 fully saturated rings. The number of carbonyl (C=O) groups excluding carboxylic acids is 3. The Hall–Kier alpha value is -3.42. The van der Waals surface area contributed by atoms with Gasteiger partial charge in [0.2, 0.25) is 17.7 Å². The summed E-state index contributed by atoms with van der Waals surface area (Å²) >= 11 is 0. The van der Waals surface area contributed by atoms with Crippen LogP contribution in [0.5, 0.6) is 0 Å². The lowest BCUT2D eigenvalue weighted by molar-refractivity contribution is -0.383. The Morgan fingerprint density at radius 3 is 1.41 bits per heavy atom. The van der Waals surface area contributed by atoms with Gasteiger partial charge in [0.25, 0.3) is 5.79 Å². The van der Waals surface area contributed by atoms with Gasteiger partial charge >= 0.3 is 5.97 Å². The molecule has 3 amide bonds. The summed E-state index contributed by atoms with van der Waals surface area (Å²) in [5.41, 5.74) is 0. The van der Waals surface area contributed by atoms with Gasteiger partial charge in [-0.25, -0.2) is 4.79 Å². The summed E-state index contributed by atoms with van der Waals surface area (Å²) in [5.74, 6) is -7.18. The quantitative estimate of drug-likeness (QED) is 0.0255. The Bertz CT molecular complexity index is 2500. The van der Waals surface area contributed by atoms with Gasteiger partial charge in [0, 0.05) is 26.7 Å². The standard InChI is InChI=1S/C73H131N3O31/c1-5-7-9-11-13-15-17-19-20-22-24-26-28-30-32-34-52(86)76-44(45(83)33-31-29-27-25-23-21-18-16-14-12-10-8-6-2)40-98-69-62(94)59(91)65(49(38-79)101-69)105-71-63(95)60(92)64(50(39-80)102-71)104-68-54(75-43(4)82)66(106-70-61(93)58(90)56(88)48(37-78)100-70)57(89)51(103-68)41-99-73(72(96)97)35-46(84)53(74-42(3)81)67(107-73)55(87)47(85)36-77/h31,33,44-51,53-71,77-80,83-85,87-95H,5-30,32,34-41H2,1-4H3,(H,74,81)(H,75,82)(H,76,86)(H,96,97)/b33-31+/t44-,45+,46?,47+,48?,49?,50?,51?,53+,54?,55+,56-,57-,58-,59+,60+,61?,62?,63?,64-,65+,66+,67?,68-,69+,70-,71-,73+/m0/s1. The average Bonchev–Trinajstić information content (AvgIpc) is 0.765. The maximum Gasteiger partial charge on any atom is 0.364 e. The highest BCUT2D eigenvalue weighted by atomic mass is 16.8. The molecule has 34 nitrogen and oxygen atoms in total.